The van der Waals surface area contributed by atoms with Crippen LogP contribution in [0.1, 0.15) is 143 Å². The third kappa shape index (κ3) is 36.2. The van der Waals surface area contributed by atoms with Crippen molar-refractivity contribution in [2.24, 2.45) is 16.8 Å². The average Bonchev–Trinajstić information content (AvgIpc) is 2.71. The lowest BCUT2D eigenvalue weighted by Gasteiger charge is -2.25. The van der Waals surface area contributed by atoms with Gasteiger partial charge in [-0.2, -0.15) is 0 Å². The van der Waals surface area contributed by atoms with E-state index in [-0.39, 0.29) is 12.0 Å². The number of aliphatic hydroxyl groups excluding tert-OH is 1. The fraction of sp³-hybridized carbons (Fsp3) is 0.960. The Morgan fingerprint density at radius 1 is 0.781 bits per heavy atom. The third-order valence-electron chi connectivity index (χ3n) is 5.45. The SMILES string of the molecule is CCCC(O)C(C)(C)N.CCCCCCCCCCCCCCCCCC(N)=O.O=NO. The van der Waals surface area contributed by atoms with Gasteiger partial charge in [-0.25, -0.2) is 0 Å². The number of carbonyl (C=O) groups is 1. The lowest BCUT2D eigenvalue weighted by atomic mass is 9.95. The molecule has 1 atom stereocenters. The molecule has 0 aliphatic rings. The summed E-state index contributed by atoms with van der Waals surface area (Å²) in [7, 11) is 0. The molecule has 0 heterocycles. The van der Waals surface area contributed by atoms with Gasteiger partial charge in [0, 0.05) is 12.0 Å². The first-order valence-electron chi connectivity index (χ1n) is 12.9. The number of nitrogens with zero attached hydrogens (tertiary/aromatic N) is 1. The van der Waals surface area contributed by atoms with Crippen molar-refractivity contribution >= 4 is 5.91 Å². The molecule has 0 aliphatic heterocycles. The van der Waals surface area contributed by atoms with Crippen LogP contribution in [0.5, 0.6) is 0 Å². The second-order valence-electron chi connectivity index (χ2n) is 9.37. The first-order chi connectivity index (χ1) is 15.2. The molecule has 0 aromatic carbocycles. The molecule has 7 nitrogen and oxygen atoms in total. The van der Waals surface area contributed by atoms with Gasteiger partial charge in [-0.15, -0.1) is 4.91 Å². The van der Waals surface area contributed by atoms with E-state index >= 15 is 0 Å². The summed E-state index contributed by atoms with van der Waals surface area (Å²) < 4.78 is 0. The van der Waals surface area contributed by atoms with Crippen LogP contribution in [0.4, 0.5) is 0 Å². The van der Waals surface area contributed by atoms with Crippen LogP contribution in [-0.4, -0.2) is 27.9 Å². The summed E-state index contributed by atoms with van der Waals surface area (Å²) in [6.07, 6.45) is 22.3. The first-order valence-corrected chi connectivity index (χ1v) is 12.9. The van der Waals surface area contributed by atoms with Gasteiger partial charge in [0.25, 0.3) is 0 Å². The van der Waals surface area contributed by atoms with E-state index in [9.17, 15) is 9.90 Å². The van der Waals surface area contributed by atoms with Gasteiger partial charge in [0.1, 0.15) is 0 Å². The Morgan fingerprint density at radius 3 is 1.31 bits per heavy atom. The number of rotatable bonds is 19. The van der Waals surface area contributed by atoms with E-state index in [0.29, 0.717) is 6.42 Å². The predicted molar refractivity (Wildman–Crippen MR) is 136 cm³/mol. The highest BCUT2D eigenvalue weighted by atomic mass is 16.6. The summed E-state index contributed by atoms with van der Waals surface area (Å²) in [6.45, 7) is 7.99. The largest absolute Gasteiger partial charge is 0.391 e. The number of amides is 1. The van der Waals surface area contributed by atoms with Crippen molar-refractivity contribution in [1.82, 2.24) is 0 Å². The monoisotopic (exact) mass is 461 g/mol. The maximum absolute atomic E-state index is 10.6. The zero-order chi connectivity index (χ0) is 25.1. The summed E-state index contributed by atoms with van der Waals surface area (Å²) in [5, 5.41) is 17.1. The third-order valence-corrected chi connectivity index (χ3v) is 5.45. The molecular weight excluding hydrogens is 406 g/mol. The van der Waals surface area contributed by atoms with Crippen molar-refractivity contribution in [2.75, 3.05) is 0 Å². The van der Waals surface area contributed by atoms with Gasteiger partial charge in [-0.1, -0.05) is 110 Å². The van der Waals surface area contributed by atoms with Crippen molar-refractivity contribution in [3.63, 3.8) is 0 Å². The number of primary amides is 1. The molecule has 6 N–H and O–H groups in total. The number of hydrogen-bond acceptors (Lipinski definition) is 5. The summed E-state index contributed by atoms with van der Waals surface area (Å²) >= 11 is 0. The molecule has 32 heavy (non-hydrogen) atoms. The van der Waals surface area contributed by atoms with Crippen LogP contribution in [0.3, 0.4) is 0 Å². The molecular formula is C25H55N3O4. The smallest absolute Gasteiger partial charge is 0.217 e. The van der Waals surface area contributed by atoms with Crippen LogP contribution in [0.2, 0.25) is 0 Å². The van der Waals surface area contributed by atoms with Gasteiger partial charge >= 0.3 is 0 Å². The maximum atomic E-state index is 10.6. The summed E-state index contributed by atoms with van der Waals surface area (Å²) in [6, 6.07) is 0. The lowest BCUT2D eigenvalue weighted by Crippen LogP contribution is -2.44. The average molecular weight is 462 g/mol. The molecule has 0 rings (SSSR count). The Morgan fingerprint density at radius 2 is 1.09 bits per heavy atom. The second-order valence-corrected chi connectivity index (χ2v) is 9.37. The molecule has 7 heteroatoms. The Labute approximate surface area is 198 Å². The van der Waals surface area contributed by atoms with Gasteiger partial charge in [0.05, 0.1) is 6.10 Å². The lowest BCUT2D eigenvalue weighted by molar-refractivity contribution is -0.118. The fourth-order valence-corrected chi connectivity index (χ4v) is 3.32. The van der Waals surface area contributed by atoms with Crippen LogP contribution in [0.15, 0.2) is 5.34 Å². The molecule has 0 saturated carbocycles. The van der Waals surface area contributed by atoms with E-state index in [4.69, 9.17) is 21.6 Å². The standard InChI is InChI=1S/C18H37NO.C7H17NO.HNO2/c1-2-3-4-5-6-7-8-9-10-11-12-13-14-15-16-17-18(19)20;1-4-5-6(9)7(2,3)8;2-1-3/h2-17H2,1H3,(H2,19,20);6,9H,4-5,8H2,1-3H3;(H,2,3). The summed E-state index contributed by atoms with van der Waals surface area (Å²) in [5.41, 5.74) is 10.3. The zero-order valence-electron chi connectivity index (χ0n) is 21.6. The molecule has 0 bridgehead atoms. The molecule has 0 saturated heterocycles. The van der Waals surface area contributed by atoms with Crippen molar-refractivity contribution in [3.8, 4) is 0 Å². The Kier molecular flexibility index (Phi) is 30.8. The highest BCUT2D eigenvalue weighted by molar-refractivity contribution is 5.73. The number of carbonyl (C=O) groups excluding carboxylic acids is 1. The Hall–Kier alpha value is -1.21. The maximum Gasteiger partial charge on any atom is 0.217 e. The molecule has 0 aromatic rings. The Balaban J connectivity index is -0.000000580. The minimum atomic E-state index is -0.435. The zero-order valence-corrected chi connectivity index (χ0v) is 21.6. The van der Waals surface area contributed by atoms with E-state index in [0.717, 1.165) is 19.3 Å². The topological polar surface area (TPSA) is 139 Å². The van der Waals surface area contributed by atoms with E-state index in [1.54, 1.807) is 0 Å². The number of aliphatic hydroxyl groups is 1. The van der Waals surface area contributed by atoms with Gasteiger partial charge < -0.3 is 21.8 Å². The minimum absolute atomic E-state index is 0.153. The number of unbranched alkanes of at least 4 members (excludes halogenated alkanes) is 14. The first kappa shape index (κ1) is 35.4. The highest BCUT2D eigenvalue weighted by Gasteiger charge is 2.20. The van der Waals surface area contributed by atoms with Crippen LogP contribution in [0, 0.1) is 4.91 Å². The Bertz CT molecular complexity index is 388. The van der Waals surface area contributed by atoms with E-state index in [2.05, 4.69) is 6.92 Å². The van der Waals surface area contributed by atoms with Crippen LogP contribution in [-0.2, 0) is 4.79 Å². The van der Waals surface area contributed by atoms with E-state index in [1.165, 1.54) is 95.2 Å². The quantitative estimate of drug-likeness (QED) is 0.0955. The molecule has 194 valence electrons. The number of nitrogens with two attached hydrogens (primary N) is 2. The van der Waals surface area contributed by atoms with Crippen LogP contribution in [0.25, 0.3) is 0 Å². The second kappa shape index (κ2) is 27.8. The summed E-state index contributed by atoms with van der Waals surface area (Å²) in [4.78, 5) is 18.7. The predicted octanol–water partition coefficient (Wildman–Crippen LogP) is 6.76. The highest BCUT2D eigenvalue weighted by Crippen LogP contribution is 2.13. The van der Waals surface area contributed by atoms with Crippen LogP contribution < -0.4 is 11.5 Å². The van der Waals surface area contributed by atoms with E-state index in [1.807, 2.05) is 20.8 Å². The fourth-order valence-electron chi connectivity index (χ4n) is 3.32. The van der Waals surface area contributed by atoms with Gasteiger partial charge in [-0.3, -0.25) is 4.79 Å². The van der Waals surface area contributed by atoms with E-state index < -0.39 is 5.54 Å². The summed E-state index contributed by atoms with van der Waals surface area (Å²) in [5.74, 6) is -0.153. The van der Waals surface area contributed by atoms with Gasteiger partial charge in [-0.05, 0) is 26.7 Å². The van der Waals surface area contributed by atoms with Crippen molar-refractivity contribution in [3.05, 3.63) is 4.91 Å². The van der Waals surface area contributed by atoms with Crippen LogP contribution >= 0.6 is 0 Å². The molecule has 0 aliphatic carbocycles. The molecule has 0 radical (unpaired) electrons. The van der Waals surface area contributed by atoms with Gasteiger partial charge in [0.15, 0.2) is 5.34 Å². The normalized spacial score (nSPS) is 11.6. The molecule has 1 amide bonds. The number of hydrogen-bond donors (Lipinski definition) is 4. The van der Waals surface area contributed by atoms with Crippen molar-refractivity contribution in [2.45, 2.75) is 155 Å². The molecule has 0 fully saturated rings. The van der Waals surface area contributed by atoms with Crippen molar-refractivity contribution < 1.29 is 15.1 Å². The minimum Gasteiger partial charge on any atom is -0.391 e. The van der Waals surface area contributed by atoms with Gasteiger partial charge in [0.2, 0.25) is 5.91 Å². The molecule has 1 unspecified atom stereocenters. The molecule has 0 aromatic heterocycles. The molecule has 0 spiro atoms. The van der Waals surface area contributed by atoms with Crippen molar-refractivity contribution in [1.29, 1.82) is 0 Å².